The van der Waals surface area contributed by atoms with Crippen LogP contribution in [-0.2, 0) is 5.41 Å². The van der Waals surface area contributed by atoms with Crippen molar-refractivity contribution in [1.82, 2.24) is 9.97 Å². The molecule has 0 aliphatic heterocycles. The maximum atomic E-state index is 4.73. The zero-order chi connectivity index (χ0) is 13.2. The Morgan fingerprint density at radius 3 is 2.17 bits per heavy atom. The molecular weight excluding hydrogens is 219 g/mol. The first-order chi connectivity index (χ1) is 8.54. The quantitative estimate of drug-likeness (QED) is 0.766. The Hall–Kier alpha value is -1.64. The lowest BCUT2D eigenvalue weighted by Crippen LogP contribution is -2.27. The number of aromatic nitrogens is 2. The third-order valence-corrected chi connectivity index (χ3v) is 3.34. The largest absolute Gasteiger partial charge is 0.267 e. The summed E-state index contributed by atoms with van der Waals surface area (Å²) in [6.45, 7) is 8.51. The first kappa shape index (κ1) is 12.8. The van der Waals surface area contributed by atoms with Gasteiger partial charge in [0.2, 0.25) is 0 Å². The van der Waals surface area contributed by atoms with Crippen LogP contribution in [0.2, 0.25) is 6.82 Å². The van der Waals surface area contributed by atoms with Gasteiger partial charge < -0.3 is 0 Å². The van der Waals surface area contributed by atoms with Crippen molar-refractivity contribution in [2.24, 2.45) is 0 Å². The van der Waals surface area contributed by atoms with Gasteiger partial charge in [-0.15, -0.1) is 0 Å². The third kappa shape index (κ3) is 2.45. The molecule has 2 aromatic rings. The number of rotatable bonds is 3. The van der Waals surface area contributed by atoms with Gasteiger partial charge in [-0.25, -0.2) is 0 Å². The fourth-order valence-electron chi connectivity index (χ4n) is 2.05. The minimum Gasteiger partial charge on any atom is -0.267 e. The summed E-state index contributed by atoms with van der Waals surface area (Å²) < 4.78 is 0. The van der Waals surface area contributed by atoms with Crippen molar-refractivity contribution in [3.8, 4) is 0 Å². The van der Waals surface area contributed by atoms with E-state index in [-0.39, 0.29) is 5.41 Å². The minimum absolute atomic E-state index is 0.156. The van der Waals surface area contributed by atoms with E-state index >= 15 is 0 Å². The molecule has 0 saturated heterocycles. The molecule has 2 heterocycles. The summed E-state index contributed by atoms with van der Waals surface area (Å²) in [5, 5.41) is 0. The van der Waals surface area contributed by atoms with E-state index in [1.165, 1.54) is 0 Å². The second kappa shape index (κ2) is 4.93. The van der Waals surface area contributed by atoms with E-state index in [4.69, 9.17) is 4.98 Å². The number of hydrogen-bond donors (Lipinski definition) is 0. The maximum Gasteiger partial charge on any atom is 0.179 e. The van der Waals surface area contributed by atoms with Gasteiger partial charge in [-0.3, -0.25) is 9.97 Å². The summed E-state index contributed by atoms with van der Waals surface area (Å²) >= 11 is 0. The fraction of sp³-hybridized carbons (Fsp3) is 0.333. The van der Waals surface area contributed by atoms with E-state index in [1.807, 2.05) is 13.0 Å². The van der Waals surface area contributed by atoms with Gasteiger partial charge in [-0.1, -0.05) is 25.0 Å². The van der Waals surface area contributed by atoms with E-state index in [0.29, 0.717) is 0 Å². The molecule has 0 radical (unpaired) electrons. The van der Waals surface area contributed by atoms with Gasteiger partial charge in [0.15, 0.2) is 7.28 Å². The lowest BCUT2D eigenvalue weighted by atomic mass is 9.76. The van der Waals surface area contributed by atoms with Crippen molar-refractivity contribution >= 4 is 12.9 Å². The molecule has 0 amide bonds. The third-order valence-electron chi connectivity index (χ3n) is 3.34. The predicted molar refractivity (Wildman–Crippen MR) is 78.0 cm³/mol. The summed E-state index contributed by atoms with van der Waals surface area (Å²) in [5.41, 5.74) is 4.18. The van der Waals surface area contributed by atoms with E-state index in [1.54, 1.807) is 0 Å². The average Bonchev–Trinajstić information content (AvgIpc) is 2.39. The standard InChI is InChI=1S/C15H19BN2/c1-11-7-5-8-12(17-11)15(2,3)13-9-6-10-14(16-4)18-13/h5-10,16H,1-4H3. The second-order valence-electron chi connectivity index (χ2n) is 5.16. The Bertz CT molecular complexity index is 550. The smallest absolute Gasteiger partial charge is 0.179 e. The molecule has 0 aromatic carbocycles. The van der Waals surface area contributed by atoms with E-state index in [2.05, 4.69) is 56.0 Å². The Morgan fingerprint density at radius 2 is 1.56 bits per heavy atom. The van der Waals surface area contributed by atoms with Gasteiger partial charge in [0.1, 0.15) is 0 Å². The van der Waals surface area contributed by atoms with Gasteiger partial charge in [0.05, 0.1) is 11.4 Å². The molecule has 0 N–H and O–H groups in total. The first-order valence-electron chi connectivity index (χ1n) is 6.44. The van der Waals surface area contributed by atoms with Crippen LogP contribution >= 0.6 is 0 Å². The highest BCUT2D eigenvalue weighted by atomic mass is 14.8. The summed E-state index contributed by atoms with van der Waals surface area (Å²) in [6.07, 6.45) is 0. The zero-order valence-electron chi connectivity index (χ0n) is 11.6. The molecule has 0 saturated carbocycles. The summed E-state index contributed by atoms with van der Waals surface area (Å²) in [7, 11) is 0.963. The minimum atomic E-state index is -0.156. The van der Waals surface area contributed by atoms with Crippen molar-refractivity contribution in [2.75, 3.05) is 0 Å². The van der Waals surface area contributed by atoms with Crippen molar-refractivity contribution in [2.45, 2.75) is 33.0 Å². The van der Waals surface area contributed by atoms with Crippen LogP contribution in [0.3, 0.4) is 0 Å². The lowest BCUT2D eigenvalue weighted by Gasteiger charge is -2.24. The Kier molecular flexibility index (Phi) is 3.51. The molecule has 0 aliphatic carbocycles. The van der Waals surface area contributed by atoms with Crippen LogP contribution in [0.5, 0.6) is 0 Å². The van der Waals surface area contributed by atoms with Crippen molar-refractivity contribution in [3.63, 3.8) is 0 Å². The number of nitrogens with zero attached hydrogens (tertiary/aromatic N) is 2. The monoisotopic (exact) mass is 238 g/mol. The molecule has 0 atom stereocenters. The maximum absolute atomic E-state index is 4.73. The molecule has 3 heteroatoms. The Labute approximate surface area is 110 Å². The van der Waals surface area contributed by atoms with Gasteiger partial charge in [0.25, 0.3) is 0 Å². The molecular formula is C15H19BN2. The predicted octanol–water partition coefficient (Wildman–Crippen LogP) is 2.22. The highest BCUT2D eigenvalue weighted by molar-refractivity contribution is 6.50. The normalized spacial score (nSPS) is 11.3. The molecule has 18 heavy (non-hydrogen) atoms. The van der Waals surface area contributed by atoms with Crippen LogP contribution in [-0.4, -0.2) is 17.2 Å². The Balaban J connectivity index is 2.46. The summed E-state index contributed by atoms with van der Waals surface area (Å²) in [4.78, 5) is 9.37. The van der Waals surface area contributed by atoms with E-state index in [9.17, 15) is 0 Å². The highest BCUT2D eigenvalue weighted by Crippen LogP contribution is 2.27. The average molecular weight is 238 g/mol. The molecule has 0 fully saturated rings. The SMILES string of the molecule is CBc1cccc(C(C)(C)c2cccc(C)n2)n1. The summed E-state index contributed by atoms with van der Waals surface area (Å²) in [6, 6.07) is 12.4. The molecule has 2 nitrogen and oxygen atoms in total. The lowest BCUT2D eigenvalue weighted by molar-refractivity contribution is 0.595. The molecule has 2 rings (SSSR count). The van der Waals surface area contributed by atoms with Crippen LogP contribution in [0.25, 0.3) is 0 Å². The summed E-state index contributed by atoms with van der Waals surface area (Å²) in [5.74, 6) is 0. The van der Waals surface area contributed by atoms with Crippen molar-refractivity contribution < 1.29 is 0 Å². The zero-order valence-corrected chi connectivity index (χ0v) is 11.6. The van der Waals surface area contributed by atoms with E-state index in [0.717, 1.165) is 30.0 Å². The fourth-order valence-corrected chi connectivity index (χ4v) is 2.05. The molecule has 2 aromatic heterocycles. The van der Waals surface area contributed by atoms with Crippen LogP contribution in [0.15, 0.2) is 36.4 Å². The molecule has 0 bridgehead atoms. The van der Waals surface area contributed by atoms with Gasteiger partial charge in [-0.2, -0.15) is 0 Å². The van der Waals surface area contributed by atoms with Crippen molar-refractivity contribution in [1.29, 1.82) is 0 Å². The number of pyridine rings is 2. The van der Waals surface area contributed by atoms with Gasteiger partial charge >= 0.3 is 0 Å². The topological polar surface area (TPSA) is 25.8 Å². The number of aryl methyl sites for hydroxylation is 1. The molecule has 92 valence electrons. The molecule has 0 spiro atoms. The van der Waals surface area contributed by atoms with Crippen LogP contribution in [0, 0.1) is 6.92 Å². The van der Waals surface area contributed by atoms with Crippen LogP contribution in [0.1, 0.15) is 30.9 Å². The number of hydrogen-bond acceptors (Lipinski definition) is 2. The second-order valence-corrected chi connectivity index (χ2v) is 5.16. The van der Waals surface area contributed by atoms with E-state index < -0.39 is 0 Å². The van der Waals surface area contributed by atoms with Gasteiger partial charge in [0, 0.05) is 11.1 Å². The molecule has 0 unspecified atom stereocenters. The van der Waals surface area contributed by atoms with Crippen LogP contribution in [0.4, 0.5) is 0 Å². The van der Waals surface area contributed by atoms with Crippen molar-refractivity contribution in [3.05, 3.63) is 53.5 Å². The Morgan fingerprint density at radius 1 is 0.944 bits per heavy atom. The van der Waals surface area contributed by atoms with Crippen LogP contribution < -0.4 is 5.59 Å². The highest BCUT2D eigenvalue weighted by Gasteiger charge is 2.26. The van der Waals surface area contributed by atoms with Gasteiger partial charge in [-0.05, 0) is 44.6 Å². The molecule has 0 aliphatic rings. The first-order valence-corrected chi connectivity index (χ1v) is 6.44.